The fraction of sp³-hybridized carbons (Fsp3) is 0.364. The van der Waals surface area contributed by atoms with Crippen LogP contribution in [0.4, 0.5) is 4.39 Å². The molecule has 2 nitrogen and oxygen atoms in total. The first kappa shape index (κ1) is 10.5. The van der Waals surface area contributed by atoms with E-state index in [-0.39, 0.29) is 18.3 Å². The van der Waals surface area contributed by atoms with E-state index in [2.05, 4.69) is 0 Å². The van der Waals surface area contributed by atoms with Crippen LogP contribution in [0.25, 0.3) is 0 Å². The Hall–Kier alpha value is -1.56. The summed E-state index contributed by atoms with van der Waals surface area (Å²) in [6.07, 6.45) is 0. The van der Waals surface area contributed by atoms with E-state index in [0.717, 1.165) is 5.56 Å². The first-order valence-corrected chi connectivity index (χ1v) is 4.44. The Labute approximate surface area is 82.9 Å². The number of hydrogen-bond acceptors (Lipinski definition) is 2. The van der Waals surface area contributed by atoms with Crippen molar-refractivity contribution in [2.45, 2.75) is 19.8 Å². The van der Waals surface area contributed by atoms with Gasteiger partial charge in [-0.15, -0.1) is 0 Å². The van der Waals surface area contributed by atoms with E-state index in [1.807, 2.05) is 19.9 Å². The molecule has 3 heteroatoms. The average molecular weight is 193 g/mol. The predicted molar refractivity (Wildman–Crippen MR) is 51.6 cm³/mol. The summed E-state index contributed by atoms with van der Waals surface area (Å²) in [7, 11) is 0. The van der Waals surface area contributed by atoms with E-state index in [0.29, 0.717) is 5.75 Å². The van der Waals surface area contributed by atoms with Crippen LogP contribution in [0.3, 0.4) is 0 Å². The Balaban J connectivity index is 2.97. The second-order valence-electron chi connectivity index (χ2n) is 3.28. The molecule has 1 aromatic rings. The molecule has 0 heterocycles. The van der Waals surface area contributed by atoms with Crippen LogP contribution in [-0.4, -0.2) is 6.61 Å². The van der Waals surface area contributed by atoms with Crippen LogP contribution >= 0.6 is 0 Å². The third kappa shape index (κ3) is 2.46. The molecular weight excluding hydrogens is 181 g/mol. The summed E-state index contributed by atoms with van der Waals surface area (Å²) in [6.45, 7) is 3.90. The van der Waals surface area contributed by atoms with Gasteiger partial charge in [0.2, 0.25) is 0 Å². The van der Waals surface area contributed by atoms with Gasteiger partial charge in [0.05, 0.1) is 0 Å². The van der Waals surface area contributed by atoms with Crippen LogP contribution in [0.15, 0.2) is 18.2 Å². The Bertz CT molecular complexity index is 355. The lowest BCUT2D eigenvalue weighted by Gasteiger charge is -2.11. The molecule has 0 saturated heterocycles. The Morgan fingerprint density at radius 2 is 2.21 bits per heavy atom. The molecule has 0 atom stereocenters. The lowest BCUT2D eigenvalue weighted by atomic mass is 10.0. The van der Waals surface area contributed by atoms with Gasteiger partial charge in [-0.25, -0.2) is 4.39 Å². The molecular formula is C11H12FNO. The van der Waals surface area contributed by atoms with E-state index in [4.69, 9.17) is 10.00 Å². The lowest BCUT2D eigenvalue weighted by Crippen LogP contribution is -1.99. The minimum Gasteiger partial charge on any atom is -0.478 e. The average Bonchev–Trinajstić information content (AvgIpc) is 2.15. The summed E-state index contributed by atoms with van der Waals surface area (Å²) in [5.74, 6) is 0.486. The van der Waals surface area contributed by atoms with Crippen molar-refractivity contribution in [2.75, 3.05) is 6.61 Å². The topological polar surface area (TPSA) is 33.0 Å². The SMILES string of the molecule is CC(C)c1cc(F)ccc1OCC#N. The van der Waals surface area contributed by atoms with Gasteiger partial charge in [0.15, 0.2) is 6.61 Å². The smallest absolute Gasteiger partial charge is 0.174 e. The van der Waals surface area contributed by atoms with Gasteiger partial charge in [0.1, 0.15) is 17.6 Å². The van der Waals surface area contributed by atoms with Crippen molar-refractivity contribution in [3.05, 3.63) is 29.6 Å². The molecule has 0 aliphatic heterocycles. The highest BCUT2D eigenvalue weighted by Gasteiger charge is 2.08. The van der Waals surface area contributed by atoms with Crippen molar-refractivity contribution in [2.24, 2.45) is 0 Å². The van der Waals surface area contributed by atoms with E-state index in [1.165, 1.54) is 12.1 Å². The summed E-state index contributed by atoms with van der Waals surface area (Å²) in [5, 5.41) is 8.36. The summed E-state index contributed by atoms with van der Waals surface area (Å²) < 4.78 is 18.1. The monoisotopic (exact) mass is 193 g/mol. The zero-order valence-corrected chi connectivity index (χ0v) is 8.25. The van der Waals surface area contributed by atoms with Crippen LogP contribution < -0.4 is 4.74 Å². The summed E-state index contributed by atoms with van der Waals surface area (Å²) in [6, 6.07) is 6.21. The molecule has 0 aliphatic carbocycles. The molecule has 0 spiro atoms. The van der Waals surface area contributed by atoms with E-state index >= 15 is 0 Å². The van der Waals surface area contributed by atoms with Gasteiger partial charge >= 0.3 is 0 Å². The highest BCUT2D eigenvalue weighted by molar-refractivity contribution is 5.36. The van der Waals surface area contributed by atoms with Crippen LogP contribution in [0.1, 0.15) is 25.3 Å². The van der Waals surface area contributed by atoms with E-state index in [1.54, 1.807) is 6.07 Å². The third-order valence-corrected chi connectivity index (χ3v) is 1.89. The normalized spacial score (nSPS) is 9.93. The number of ether oxygens (including phenoxy) is 1. The van der Waals surface area contributed by atoms with Crippen molar-refractivity contribution in [1.29, 1.82) is 5.26 Å². The van der Waals surface area contributed by atoms with Gasteiger partial charge in [-0.3, -0.25) is 0 Å². The minimum absolute atomic E-state index is 0.00858. The zero-order valence-electron chi connectivity index (χ0n) is 8.25. The Kier molecular flexibility index (Phi) is 3.47. The maximum Gasteiger partial charge on any atom is 0.174 e. The molecule has 0 amide bonds. The van der Waals surface area contributed by atoms with Gasteiger partial charge in [0.25, 0.3) is 0 Å². The van der Waals surface area contributed by atoms with Gasteiger partial charge in [-0.2, -0.15) is 5.26 Å². The standard InChI is InChI=1S/C11H12FNO/c1-8(2)10-7-9(12)3-4-11(10)14-6-5-13/h3-4,7-8H,6H2,1-2H3. The Morgan fingerprint density at radius 3 is 2.79 bits per heavy atom. The van der Waals surface area contributed by atoms with E-state index in [9.17, 15) is 4.39 Å². The number of halogens is 1. The van der Waals surface area contributed by atoms with Gasteiger partial charge in [-0.1, -0.05) is 13.8 Å². The number of nitriles is 1. The summed E-state index contributed by atoms with van der Waals surface area (Å²) >= 11 is 0. The van der Waals surface area contributed by atoms with Crippen molar-refractivity contribution in [1.82, 2.24) is 0 Å². The molecule has 0 unspecified atom stereocenters. The molecule has 1 rings (SSSR count). The fourth-order valence-corrected chi connectivity index (χ4v) is 1.21. The molecule has 74 valence electrons. The maximum atomic E-state index is 12.9. The summed E-state index contributed by atoms with van der Waals surface area (Å²) in [5.41, 5.74) is 0.792. The van der Waals surface area contributed by atoms with Crippen molar-refractivity contribution in [3.8, 4) is 11.8 Å². The fourth-order valence-electron chi connectivity index (χ4n) is 1.21. The molecule has 0 saturated carbocycles. The molecule has 0 fully saturated rings. The first-order valence-electron chi connectivity index (χ1n) is 4.44. The van der Waals surface area contributed by atoms with Crippen molar-refractivity contribution >= 4 is 0 Å². The number of nitrogens with zero attached hydrogens (tertiary/aromatic N) is 1. The maximum absolute atomic E-state index is 12.9. The van der Waals surface area contributed by atoms with Crippen LogP contribution in [0.2, 0.25) is 0 Å². The number of hydrogen-bond donors (Lipinski definition) is 0. The molecule has 0 radical (unpaired) electrons. The second-order valence-corrected chi connectivity index (χ2v) is 3.28. The van der Waals surface area contributed by atoms with Gasteiger partial charge in [-0.05, 0) is 29.7 Å². The highest BCUT2D eigenvalue weighted by Crippen LogP contribution is 2.26. The van der Waals surface area contributed by atoms with Crippen molar-refractivity contribution < 1.29 is 9.13 Å². The van der Waals surface area contributed by atoms with Crippen LogP contribution in [0, 0.1) is 17.1 Å². The van der Waals surface area contributed by atoms with Crippen LogP contribution in [0.5, 0.6) is 5.75 Å². The zero-order chi connectivity index (χ0) is 10.6. The number of benzene rings is 1. The molecule has 14 heavy (non-hydrogen) atoms. The summed E-state index contributed by atoms with van der Waals surface area (Å²) in [4.78, 5) is 0. The Morgan fingerprint density at radius 1 is 1.50 bits per heavy atom. The highest BCUT2D eigenvalue weighted by atomic mass is 19.1. The van der Waals surface area contributed by atoms with Crippen molar-refractivity contribution in [3.63, 3.8) is 0 Å². The third-order valence-electron chi connectivity index (χ3n) is 1.89. The van der Waals surface area contributed by atoms with Crippen LogP contribution in [-0.2, 0) is 0 Å². The predicted octanol–water partition coefficient (Wildman–Crippen LogP) is 2.85. The lowest BCUT2D eigenvalue weighted by molar-refractivity contribution is 0.361. The van der Waals surface area contributed by atoms with Gasteiger partial charge < -0.3 is 4.74 Å². The van der Waals surface area contributed by atoms with Gasteiger partial charge in [0, 0.05) is 0 Å². The molecule has 0 bridgehead atoms. The number of rotatable bonds is 3. The minimum atomic E-state index is -0.280. The second kappa shape index (κ2) is 4.61. The quantitative estimate of drug-likeness (QED) is 0.739. The first-order chi connectivity index (χ1) is 6.65. The molecule has 0 aromatic heterocycles. The molecule has 0 aliphatic rings. The molecule has 1 aromatic carbocycles. The van der Waals surface area contributed by atoms with E-state index < -0.39 is 0 Å². The largest absolute Gasteiger partial charge is 0.478 e. The molecule has 0 N–H and O–H groups in total.